The lowest BCUT2D eigenvalue weighted by Gasteiger charge is -2.08. The molecule has 0 unspecified atom stereocenters. The quantitative estimate of drug-likeness (QED) is 0.604. The average Bonchev–Trinajstić information content (AvgIpc) is 3.09. The topological polar surface area (TPSA) is 78.3 Å². The molecule has 3 rings (SSSR count). The van der Waals surface area contributed by atoms with E-state index in [0.29, 0.717) is 36.9 Å². The normalized spacial score (nSPS) is 10.7. The molecule has 0 aliphatic rings. The number of carbonyl (C=O) groups excluding carboxylic acids is 1. The number of benzene rings is 2. The summed E-state index contributed by atoms with van der Waals surface area (Å²) in [7, 11) is 1.61. The summed E-state index contributed by atoms with van der Waals surface area (Å²) in [6.45, 7) is 3.02. The van der Waals surface area contributed by atoms with Crippen molar-refractivity contribution in [3.05, 3.63) is 71.3 Å². The highest BCUT2D eigenvalue weighted by molar-refractivity contribution is 5.93. The zero-order chi connectivity index (χ0) is 19.9. The lowest BCUT2D eigenvalue weighted by Crippen LogP contribution is -2.24. The predicted molar refractivity (Wildman–Crippen MR) is 101 cm³/mol. The van der Waals surface area contributed by atoms with Gasteiger partial charge in [-0.3, -0.25) is 4.79 Å². The first kappa shape index (κ1) is 19.5. The van der Waals surface area contributed by atoms with E-state index in [1.54, 1.807) is 26.2 Å². The van der Waals surface area contributed by atoms with Crippen LogP contribution in [0.25, 0.3) is 5.69 Å². The smallest absolute Gasteiger partial charge is 0.274 e. The molecule has 1 heterocycles. The van der Waals surface area contributed by atoms with Gasteiger partial charge in [0.1, 0.15) is 18.2 Å². The number of hydrogen-bond donors (Lipinski definition) is 1. The standard InChI is InChI=1S/C20H21FN4O3/c1-14-19(23-24-25(14)17-8-6-16(21)7-9-17)20(26)22-13-15-4-3-5-18(12-15)28-11-10-27-2/h3-9,12H,10-11,13H2,1-2H3,(H,22,26). The fourth-order valence-corrected chi connectivity index (χ4v) is 2.62. The van der Waals surface area contributed by atoms with Gasteiger partial charge >= 0.3 is 0 Å². The molecule has 146 valence electrons. The van der Waals surface area contributed by atoms with E-state index in [1.165, 1.54) is 16.8 Å². The van der Waals surface area contributed by atoms with Crippen LogP contribution in [0.5, 0.6) is 5.75 Å². The molecule has 28 heavy (non-hydrogen) atoms. The van der Waals surface area contributed by atoms with Gasteiger partial charge in [-0.1, -0.05) is 17.3 Å². The van der Waals surface area contributed by atoms with Gasteiger partial charge in [-0.15, -0.1) is 5.10 Å². The zero-order valence-electron chi connectivity index (χ0n) is 15.7. The summed E-state index contributed by atoms with van der Waals surface area (Å²) < 4.78 is 25.1. The third-order valence-corrected chi connectivity index (χ3v) is 4.09. The fourth-order valence-electron chi connectivity index (χ4n) is 2.62. The van der Waals surface area contributed by atoms with E-state index >= 15 is 0 Å². The van der Waals surface area contributed by atoms with Crippen molar-refractivity contribution in [3.63, 3.8) is 0 Å². The number of halogens is 1. The van der Waals surface area contributed by atoms with E-state index in [1.807, 2.05) is 24.3 Å². The highest BCUT2D eigenvalue weighted by atomic mass is 19.1. The summed E-state index contributed by atoms with van der Waals surface area (Å²) in [5.41, 5.74) is 2.32. The third-order valence-electron chi connectivity index (χ3n) is 4.09. The van der Waals surface area contributed by atoms with Crippen molar-refractivity contribution in [2.75, 3.05) is 20.3 Å². The molecule has 0 aliphatic heterocycles. The van der Waals surface area contributed by atoms with Crippen molar-refractivity contribution < 1.29 is 18.7 Å². The lowest BCUT2D eigenvalue weighted by atomic mass is 10.2. The minimum Gasteiger partial charge on any atom is -0.491 e. The Hall–Kier alpha value is -3.26. The number of rotatable bonds is 8. The number of nitrogens with one attached hydrogen (secondary N) is 1. The van der Waals surface area contributed by atoms with Crippen LogP contribution >= 0.6 is 0 Å². The molecule has 1 amide bonds. The first-order valence-electron chi connectivity index (χ1n) is 8.75. The van der Waals surface area contributed by atoms with Gasteiger partial charge in [0.15, 0.2) is 5.69 Å². The highest BCUT2D eigenvalue weighted by Gasteiger charge is 2.17. The summed E-state index contributed by atoms with van der Waals surface area (Å²) in [5, 5.41) is 10.8. The monoisotopic (exact) mass is 384 g/mol. The Bertz CT molecular complexity index is 941. The van der Waals surface area contributed by atoms with Crippen molar-refractivity contribution in [2.24, 2.45) is 0 Å². The first-order valence-corrected chi connectivity index (χ1v) is 8.75. The molecule has 0 fully saturated rings. The predicted octanol–water partition coefficient (Wildman–Crippen LogP) is 2.67. The number of amides is 1. The van der Waals surface area contributed by atoms with Crippen LogP contribution in [-0.4, -0.2) is 41.2 Å². The second kappa shape index (κ2) is 9.09. The molecule has 0 aliphatic carbocycles. The molecule has 0 spiro atoms. The molecule has 0 saturated carbocycles. The zero-order valence-corrected chi connectivity index (χ0v) is 15.7. The highest BCUT2D eigenvalue weighted by Crippen LogP contribution is 2.15. The van der Waals surface area contributed by atoms with Gasteiger partial charge in [0, 0.05) is 13.7 Å². The van der Waals surface area contributed by atoms with Gasteiger partial charge in [0.05, 0.1) is 18.0 Å². The Kier molecular flexibility index (Phi) is 6.33. The van der Waals surface area contributed by atoms with Gasteiger partial charge in [-0.05, 0) is 48.9 Å². The maximum Gasteiger partial charge on any atom is 0.274 e. The second-order valence-corrected chi connectivity index (χ2v) is 6.08. The molecule has 7 nitrogen and oxygen atoms in total. The van der Waals surface area contributed by atoms with Crippen molar-refractivity contribution in [1.82, 2.24) is 20.3 Å². The van der Waals surface area contributed by atoms with E-state index in [9.17, 15) is 9.18 Å². The van der Waals surface area contributed by atoms with Gasteiger partial charge in [-0.2, -0.15) is 0 Å². The van der Waals surface area contributed by atoms with Crippen LogP contribution in [0.4, 0.5) is 4.39 Å². The lowest BCUT2D eigenvalue weighted by molar-refractivity contribution is 0.0945. The van der Waals surface area contributed by atoms with Crippen LogP contribution in [0.15, 0.2) is 48.5 Å². The minimum atomic E-state index is -0.340. The summed E-state index contributed by atoms with van der Waals surface area (Å²) in [6, 6.07) is 13.3. The molecule has 2 aromatic carbocycles. The number of ether oxygens (including phenoxy) is 2. The summed E-state index contributed by atoms with van der Waals surface area (Å²) in [4.78, 5) is 12.5. The van der Waals surface area contributed by atoms with E-state index in [-0.39, 0.29) is 17.4 Å². The largest absolute Gasteiger partial charge is 0.491 e. The van der Waals surface area contributed by atoms with Gasteiger partial charge in [0.2, 0.25) is 0 Å². The molecular formula is C20H21FN4O3. The summed E-state index contributed by atoms with van der Waals surface area (Å²) in [6.07, 6.45) is 0. The molecule has 3 aromatic rings. The Morgan fingerprint density at radius 1 is 1.18 bits per heavy atom. The van der Waals surface area contributed by atoms with Gasteiger partial charge < -0.3 is 14.8 Å². The number of carbonyl (C=O) groups is 1. The third kappa shape index (κ3) is 4.72. The van der Waals surface area contributed by atoms with E-state index in [0.717, 1.165) is 5.56 Å². The average molecular weight is 384 g/mol. The van der Waals surface area contributed by atoms with Crippen LogP contribution < -0.4 is 10.1 Å². The van der Waals surface area contributed by atoms with Crippen LogP contribution in [0.3, 0.4) is 0 Å². The van der Waals surface area contributed by atoms with Crippen LogP contribution in [0.2, 0.25) is 0 Å². The Morgan fingerprint density at radius 2 is 1.96 bits per heavy atom. The molecular weight excluding hydrogens is 363 g/mol. The van der Waals surface area contributed by atoms with Crippen LogP contribution in [0, 0.1) is 12.7 Å². The van der Waals surface area contributed by atoms with Crippen LogP contribution in [0.1, 0.15) is 21.7 Å². The number of methoxy groups -OCH3 is 1. The Labute approximate surface area is 162 Å². The van der Waals surface area contributed by atoms with Crippen molar-refractivity contribution >= 4 is 5.91 Å². The van der Waals surface area contributed by atoms with Crippen molar-refractivity contribution in [3.8, 4) is 11.4 Å². The molecule has 1 N–H and O–H groups in total. The molecule has 0 bridgehead atoms. The van der Waals surface area contributed by atoms with E-state index < -0.39 is 0 Å². The molecule has 1 aromatic heterocycles. The second-order valence-electron chi connectivity index (χ2n) is 6.08. The van der Waals surface area contributed by atoms with Crippen LogP contribution in [-0.2, 0) is 11.3 Å². The Morgan fingerprint density at radius 3 is 2.71 bits per heavy atom. The number of nitrogens with zero attached hydrogens (tertiary/aromatic N) is 3. The molecule has 8 heteroatoms. The molecule has 0 atom stereocenters. The molecule has 0 radical (unpaired) electrons. The fraction of sp³-hybridized carbons (Fsp3) is 0.250. The summed E-state index contributed by atoms with van der Waals surface area (Å²) >= 11 is 0. The minimum absolute atomic E-state index is 0.219. The Balaban J connectivity index is 1.64. The first-order chi connectivity index (χ1) is 13.6. The van der Waals surface area contributed by atoms with Gasteiger partial charge in [-0.25, -0.2) is 9.07 Å². The number of hydrogen-bond acceptors (Lipinski definition) is 5. The van der Waals surface area contributed by atoms with Crippen molar-refractivity contribution in [2.45, 2.75) is 13.5 Å². The summed E-state index contributed by atoms with van der Waals surface area (Å²) in [5.74, 6) is 0.0340. The van der Waals surface area contributed by atoms with E-state index in [2.05, 4.69) is 15.6 Å². The number of aromatic nitrogens is 3. The molecule has 0 saturated heterocycles. The maximum absolute atomic E-state index is 13.1. The maximum atomic E-state index is 13.1. The van der Waals surface area contributed by atoms with E-state index in [4.69, 9.17) is 9.47 Å². The van der Waals surface area contributed by atoms with Gasteiger partial charge in [0.25, 0.3) is 5.91 Å². The van der Waals surface area contributed by atoms with Crippen molar-refractivity contribution in [1.29, 1.82) is 0 Å². The SMILES string of the molecule is COCCOc1cccc(CNC(=O)c2nnn(-c3ccc(F)cc3)c2C)c1.